The van der Waals surface area contributed by atoms with Gasteiger partial charge in [0, 0.05) is 23.0 Å². The quantitative estimate of drug-likeness (QED) is 0.103. The Hall–Kier alpha value is 0.0800. The summed E-state index contributed by atoms with van der Waals surface area (Å²) in [7, 11) is 4.28. The van der Waals surface area contributed by atoms with Crippen molar-refractivity contribution in [2.75, 3.05) is 23.0 Å². The Morgan fingerprint density at radius 2 is 0.857 bits per heavy atom. The van der Waals surface area contributed by atoms with E-state index < -0.39 is 0 Å². The maximum Gasteiger partial charge on any atom is 0.243 e. The average molecular weight is 753 g/mol. The molecule has 2 heterocycles. The highest BCUT2D eigenvalue weighted by Crippen LogP contribution is 2.25. The first-order chi connectivity index (χ1) is 19.6. The summed E-state index contributed by atoms with van der Waals surface area (Å²) in [5.74, 6) is 4.99. The highest BCUT2D eigenvalue weighted by atomic mass is 79.9. The van der Waals surface area contributed by atoms with Crippen molar-refractivity contribution in [2.45, 2.75) is 142 Å². The normalized spacial score (nSPS) is 12.6. The van der Waals surface area contributed by atoms with Gasteiger partial charge in [-0.15, -0.1) is 0 Å². The molecule has 2 aromatic heterocycles. The number of imidazole rings is 2. The topological polar surface area (TPSA) is 17.6 Å². The smallest absolute Gasteiger partial charge is 0.243 e. The Kier molecular flexibility index (Phi) is 28.6. The number of aryl methyl sites for hydroxylation is 2. The second-order valence-corrected chi connectivity index (χ2v) is 14.3. The van der Waals surface area contributed by atoms with Crippen LogP contribution in [-0.2, 0) is 14.1 Å². The largest absolute Gasteiger partial charge is 1.00 e. The van der Waals surface area contributed by atoms with E-state index in [0.717, 1.165) is 0 Å². The van der Waals surface area contributed by atoms with Crippen LogP contribution in [0.15, 0.2) is 37.4 Å². The lowest BCUT2D eigenvalue weighted by atomic mass is 10.1. The van der Waals surface area contributed by atoms with Crippen LogP contribution < -0.4 is 43.1 Å². The summed E-state index contributed by atoms with van der Waals surface area (Å²) in [6.45, 7) is 4.61. The number of rotatable bonds is 27. The monoisotopic (exact) mass is 750 g/mol. The van der Waals surface area contributed by atoms with Gasteiger partial charge in [0.05, 0.1) is 14.1 Å². The Balaban J connectivity index is 0.00000840. The fourth-order valence-electron chi connectivity index (χ4n) is 5.59. The zero-order valence-electron chi connectivity index (χ0n) is 27.5. The van der Waals surface area contributed by atoms with Crippen molar-refractivity contribution in [1.29, 1.82) is 0 Å². The zero-order valence-corrected chi connectivity index (χ0v) is 32.3. The molecule has 2 rings (SSSR count). The molecule has 2 aromatic rings. The third kappa shape index (κ3) is 20.2. The summed E-state index contributed by atoms with van der Waals surface area (Å²) in [4.78, 5) is 0. The fourth-order valence-corrected chi connectivity index (χ4v) is 8.09. The summed E-state index contributed by atoms with van der Waals surface area (Å²) in [5, 5.41) is 0. The van der Waals surface area contributed by atoms with Gasteiger partial charge in [-0.2, -0.15) is 23.5 Å². The molecule has 0 bridgehead atoms. The molecule has 0 aliphatic heterocycles. The number of aromatic nitrogens is 4. The molecule has 0 fully saturated rings. The second kappa shape index (κ2) is 28.5. The van der Waals surface area contributed by atoms with Gasteiger partial charge in [-0.1, -0.05) is 104 Å². The van der Waals surface area contributed by atoms with E-state index in [9.17, 15) is 0 Å². The Morgan fingerprint density at radius 1 is 0.524 bits per heavy atom. The van der Waals surface area contributed by atoms with Gasteiger partial charge in [-0.3, -0.25) is 0 Å². The van der Waals surface area contributed by atoms with Crippen LogP contribution in [0.2, 0.25) is 0 Å². The fraction of sp³-hybridized carbons (Fsp3) is 0.824. The van der Waals surface area contributed by atoms with Crippen LogP contribution in [0.3, 0.4) is 0 Å². The summed E-state index contributed by atoms with van der Waals surface area (Å²) < 4.78 is 9.31. The van der Waals surface area contributed by atoms with Crippen LogP contribution >= 0.6 is 23.5 Å². The van der Waals surface area contributed by atoms with Crippen molar-refractivity contribution in [2.24, 2.45) is 14.1 Å². The third-order valence-corrected chi connectivity index (χ3v) is 10.7. The molecule has 8 heteroatoms. The maximum atomic E-state index is 2.47. The van der Waals surface area contributed by atoms with Gasteiger partial charge in [0.1, 0.15) is 36.9 Å². The molecule has 0 aliphatic carbocycles. The van der Waals surface area contributed by atoms with Gasteiger partial charge in [0.15, 0.2) is 0 Å². The minimum Gasteiger partial charge on any atom is -1.00 e. The van der Waals surface area contributed by atoms with E-state index in [1.165, 1.54) is 139 Å². The van der Waals surface area contributed by atoms with E-state index in [0.29, 0.717) is 12.1 Å². The van der Waals surface area contributed by atoms with Crippen molar-refractivity contribution in [3.63, 3.8) is 0 Å². The van der Waals surface area contributed by atoms with Crippen molar-refractivity contribution in [1.82, 2.24) is 9.13 Å². The molecule has 0 N–H and O–H groups in total. The second-order valence-electron chi connectivity index (χ2n) is 12.0. The summed E-state index contributed by atoms with van der Waals surface area (Å²) >= 11 is 4.33. The molecule has 0 radical (unpaired) electrons. The molecule has 0 saturated carbocycles. The summed E-state index contributed by atoms with van der Waals surface area (Å²) in [6, 6.07) is 1.26. The van der Waals surface area contributed by atoms with E-state index in [-0.39, 0.29) is 34.0 Å². The van der Waals surface area contributed by atoms with Gasteiger partial charge in [-0.25, -0.2) is 18.3 Å². The molecule has 2 atom stereocenters. The lowest BCUT2D eigenvalue weighted by Gasteiger charge is -2.15. The van der Waals surface area contributed by atoms with Crippen LogP contribution in [-0.4, -0.2) is 32.1 Å². The lowest BCUT2D eigenvalue weighted by Crippen LogP contribution is -3.00. The van der Waals surface area contributed by atoms with Gasteiger partial charge in [0.25, 0.3) is 0 Å². The van der Waals surface area contributed by atoms with E-state index in [1.807, 2.05) is 0 Å². The number of halogens is 2. The van der Waals surface area contributed by atoms with Crippen LogP contribution in [0.5, 0.6) is 0 Å². The van der Waals surface area contributed by atoms with Gasteiger partial charge < -0.3 is 34.0 Å². The van der Waals surface area contributed by atoms with Crippen molar-refractivity contribution < 1.29 is 43.1 Å². The number of nitrogens with zero attached hydrogens (tertiary/aromatic N) is 4. The number of thioether (sulfide) groups is 2. The molecule has 0 amide bonds. The van der Waals surface area contributed by atoms with Gasteiger partial charge in [-0.05, 0) is 25.7 Å². The molecule has 0 aromatic carbocycles. The Bertz CT molecular complexity index is 777. The highest BCUT2D eigenvalue weighted by molar-refractivity contribution is 8.02. The van der Waals surface area contributed by atoms with E-state index in [2.05, 4.69) is 107 Å². The first-order valence-electron chi connectivity index (χ1n) is 16.8. The molecule has 42 heavy (non-hydrogen) atoms. The van der Waals surface area contributed by atoms with Crippen LogP contribution in [0.1, 0.15) is 142 Å². The Labute approximate surface area is 290 Å². The standard InChI is InChI=1S/C34H64N4S2.2BrH/c1-5-7-9-11-13-15-17-19-21-33(37-25-23-35(3)31-37)29-39-27-28-40-30-34(38-26-24-36(4)32-38)22-20-18-16-14-12-10-8-6-2;;/h23-26,31-34H,5-22,27-30H2,1-4H3;2*1H/q+2;;/p-2. The minimum absolute atomic E-state index is 0. The maximum absolute atomic E-state index is 2.47. The molecular formula is C34H64Br2N4S2. The molecule has 0 spiro atoms. The lowest BCUT2D eigenvalue weighted by molar-refractivity contribution is -0.671. The van der Waals surface area contributed by atoms with E-state index in [4.69, 9.17) is 0 Å². The van der Waals surface area contributed by atoms with Gasteiger partial charge >= 0.3 is 0 Å². The minimum atomic E-state index is 0. The van der Waals surface area contributed by atoms with E-state index >= 15 is 0 Å². The predicted octanol–water partition coefficient (Wildman–Crippen LogP) is 3.26. The predicted molar refractivity (Wildman–Crippen MR) is 178 cm³/mol. The molecule has 0 aliphatic rings. The molecular weight excluding hydrogens is 688 g/mol. The molecule has 2 unspecified atom stereocenters. The van der Waals surface area contributed by atoms with Crippen LogP contribution in [0.4, 0.5) is 0 Å². The number of hydrogen-bond acceptors (Lipinski definition) is 2. The third-order valence-electron chi connectivity index (χ3n) is 8.20. The van der Waals surface area contributed by atoms with Crippen molar-refractivity contribution in [3.8, 4) is 0 Å². The van der Waals surface area contributed by atoms with Crippen molar-refractivity contribution in [3.05, 3.63) is 37.4 Å². The van der Waals surface area contributed by atoms with E-state index in [1.54, 1.807) is 0 Å². The molecule has 4 nitrogen and oxygen atoms in total. The first kappa shape index (κ1) is 42.1. The van der Waals surface area contributed by atoms with Crippen LogP contribution in [0.25, 0.3) is 0 Å². The van der Waals surface area contributed by atoms with Gasteiger partial charge in [0.2, 0.25) is 12.7 Å². The van der Waals surface area contributed by atoms with Crippen molar-refractivity contribution >= 4 is 23.5 Å². The highest BCUT2D eigenvalue weighted by Gasteiger charge is 2.18. The summed E-state index contributed by atoms with van der Waals surface area (Å²) in [6.07, 6.45) is 38.6. The molecule has 0 saturated heterocycles. The zero-order chi connectivity index (χ0) is 28.7. The Morgan fingerprint density at radius 3 is 1.17 bits per heavy atom. The SMILES string of the molecule is CCCCCCCCCCC(CSCCSCC(CCCCCCCCCC)n1cc[n+](C)c1)n1cc[n+](C)c1.[Br-].[Br-]. The molecule has 246 valence electrons. The number of hydrogen-bond donors (Lipinski definition) is 0. The summed E-state index contributed by atoms with van der Waals surface area (Å²) in [5.41, 5.74) is 0. The van der Waals surface area contributed by atoms with Crippen LogP contribution in [0, 0.1) is 0 Å². The first-order valence-corrected chi connectivity index (χ1v) is 19.2. The number of unbranched alkanes of at least 4 members (excludes halogenated alkanes) is 14. The average Bonchev–Trinajstić information content (AvgIpc) is 3.59.